The largest absolute Gasteiger partial charge is 0.497 e. The quantitative estimate of drug-likeness (QED) is 0.589. The van der Waals surface area contributed by atoms with Gasteiger partial charge in [-0.3, -0.25) is 0 Å². The van der Waals surface area contributed by atoms with Gasteiger partial charge in [0.1, 0.15) is 5.75 Å². The van der Waals surface area contributed by atoms with Crippen molar-refractivity contribution >= 4 is 5.69 Å². The lowest BCUT2D eigenvalue weighted by molar-refractivity contribution is 0.415. The predicted octanol–water partition coefficient (Wildman–Crippen LogP) is 2.82. The van der Waals surface area contributed by atoms with E-state index in [-0.39, 0.29) is 0 Å². The minimum atomic E-state index is 0.867. The molecule has 0 amide bonds. The van der Waals surface area contributed by atoms with E-state index in [1.165, 1.54) is 0 Å². The highest BCUT2D eigenvalue weighted by Crippen LogP contribution is 2.13. The third-order valence-corrected chi connectivity index (χ3v) is 1.65. The van der Waals surface area contributed by atoms with Crippen LogP contribution >= 0.6 is 0 Å². The Hall–Kier alpha value is -1.48. The van der Waals surface area contributed by atoms with Crippen LogP contribution in [0.25, 0.3) is 0 Å². The summed E-state index contributed by atoms with van der Waals surface area (Å²) in [4.78, 5) is 0. The molecule has 0 atom stereocenters. The lowest BCUT2D eigenvalue weighted by Crippen LogP contribution is -2.14. The van der Waals surface area contributed by atoms with Crippen LogP contribution in [0.2, 0.25) is 0 Å². The smallest absolute Gasteiger partial charge is 0.119 e. The lowest BCUT2D eigenvalue weighted by atomic mass is 10.3. The monoisotopic (exact) mass is 208 g/mol. The minimum Gasteiger partial charge on any atom is -0.497 e. The van der Waals surface area contributed by atoms with E-state index < -0.39 is 0 Å². The van der Waals surface area contributed by atoms with E-state index in [0.29, 0.717) is 0 Å². The first-order valence-corrected chi connectivity index (χ1v) is 4.96. The van der Waals surface area contributed by atoms with Gasteiger partial charge in [0.15, 0.2) is 0 Å². The molecular weight excluding hydrogens is 188 g/mol. The Morgan fingerprint density at radius 1 is 1.33 bits per heavy atom. The van der Waals surface area contributed by atoms with Gasteiger partial charge in [0.25, 0.3) is 0 Å². The third kappa shape index (κ3) is 6.57. The van der Waals surface area contributed by atoms with Crippen LogP contribution in [0.1, 0.15) is 13.3 Å². The number of anilines is 1. The molecule has 0 spiro atoms. The molecule has 0 saturated carbocycles. The maximum absolute atomic E-state index is 5.00. The molecule has 0 aliphatic heterocycles. The topological polar surface area (TPSA) is 33.3 Å². The van der Waals surface area contributed by atoms with Crippen LogP contribution in [0.4, 0.5) is 5.69 Å². The van der Waals surface area contributed by atoms with Crippen molar-refractivity contribution in [2.24, 2.45) is 0 Å². The van der Waals surface area contributed by atoms with E-state index in [1.54, 1.807) is 7.11 Å². The summed E-state index contributed by atoms with van der Waals surface area (Å²) in [6, 6.07) is 7.68. The SMILES string of the molecule is C=CCC.CNNc1ccc(OC)cc1. The molecule has 0 radical (unpaired) electrons. The van der Waals surface area contributed by atoms with Crippen molar-refractivity contribution in [3.8, 4) is 5.75 Å². The predicted molar refractivity (Wildman–Crippen MR) is 66.2 cm³/mol. The van der Waals surface area contributed by atoms with Gasteiger partial charge in [-0.05, 0) is 30.7 Å². The Bertz CT molecular complexity index is 257. The average Bonchev–Trinajstić information content (AvgIpc) is 2.31. The van der Waals surface area contributed by atoms with Gasteiger partial charge in [0, 0.05) is 12.7 Å². The van der Waals surface area contributed by atoms with E-state index in [1.807, 2.05) is 37.4 Å². The number of ether oxygens (including phenoxy) is 1. The zero-order chi connectivity index (χ0) is 11.5. The summed E-state index contributed by atoms with van der Waals surface area (Å²) in [6.45, 7) is 5.54. The van der Waals surface area contributed by atoms with E-state index in [2.05, 4.69) is 24.4 Å². The first kappa shape index (κ1) is 13.5. The Morgan fingerprint density at radius 3 is 2.20 bits per heavy atom. The number of nitrogens with one attached hydrogen (secondary N) is 2. The van der Waals surface area contributed by atoms with Crippen molar-refractivity contribution in [3.63, 3.8) is 0 Å². The molecule has 1 aromatic carbocycles. The molecule has 0 unspecified atom stereocenters. The Balaban J connectivity index is 0.000000423. The molecule has 0 bridgehead atoms. The lowest BCUT2D eigenvalue weighted by Gasteiger charge is -2.04. The highest BCUT2D eigenvalue weighted by Gasteiger charge is 1.89. The fourth-order valence-electron chi connectivity index (χ4n) is 0.819. The fraction of sp³-hybridized carbons (Fsp3) is 0.333. The minimum absolute atomic E-state index is 0.867. The molecule has 0 aromatic heterocycles. The first-order chi connectivity index (χ1) is 7.28. The molecule has 84 valence electrons. The molecule has 0 fully saturated rings. The zero-order valence-corrected chi connectivity index (χ0v) is 9.71. The van der Waals surface area contributed by atoms with Crippen molar-refractivity contribution < 1.29 is 4.74 Å². The molecular formula is C12H20N2O. The molecule has 2 N–H and O–H groups in total. The summed E-state index contributed by atoms with van der Waals surface area (Å²) < 4.78 is 5.00. The van der Waals surface area contributed by atoms with Gasteiger partial charge in [-0.25, -0.2) is 5.43 Å². The molecule has 1 rings (SSSR count). The van der Waals surface area contributed by atoms with Crippen LogP contribution in [0.5, 0.6) is 5.75 Å². The molecule has 0 aliphatic rings. The highest BCUT2D eigenvalue weighted by molar-refractivity contribution is 5.45. The van der Waals surface area contributed by atoms with Crippen LogP contribution in [-0.4, -0.2) is 14.2 Å². The van der Waals surface area contributed by atoms with Crippen molar-refractivity contribution in [2.45, 2.75) is 13.3 Å². The number of benzene rings is 1. The van der Waals surface area contributed by atoms with Crippen molar-refractivity contribution in [1.82, 2.24) is 5.43 Å². The molecule has 3 nitrogen and oxygen atoms in total. The molecule has 0 saturated heterocycles. The molecule has 15 heavy (non-hydrogen) atoms. The number of hydrogen-bond acceptors (Lipinski definition) is 3. The maximum atomic E-state index is 5.00. The Kier molecular flexibility index (Phi) is 8.19. The molecule has 0 heterocycles. The number of hydrogen-bond donors (Lipinski definition) is 2. The second-order valence-electron chi connectivity index (χ2n) is 2.80. The van der Waals surface area contributed by atoms with Crippen LogP contribution < -0.4 is 15.6 Å². The molecule has 0 aliphatic carbocycles. The summed E-state index contributed by atoms with van der Waals surface area (Å²) >= 11 is 0. The summed E-state index contributed by atoms with van der Waals surface area (Å²) in [5, 5.41) is 0. The van der Waals surface area contributed by atoms with Gasteiger partial charge < -0.3 is 10.2 Å². The zero-order valence-electron chi connectivity index (χ0n) is 9.71. The summed E-state index contributed by atoms with van der Waals surface area (Å²) in [7, 11) is 3.48. The standard InChI is InChI=1S/C8H12N2O.C4H8/c1-9-10-7-3-5-8(11-2)6-4-7;1-3-4-2/h3-6,9-10H,1-2H3;3H,1,4H2,2H3. The highest BCUT2D eigenvalue weighted by atomic mass is 16.5. The fourth-order valence-corrected chi connectivity index (χ4v) is 0.819. The maximum Gasteiger partial charge on any atom is 0.119 e. The van der Waals surface area contributed by atoms with Crippen LogP contribution in [-0.2, 0) is 0 Å². The van der Waals surface area contributed by atoms with Crippen molar-refractivity contribution in [3.05, 3.63) is 36.9 Å². The van der Waals surface area contributed by atoms with Gasteiger partial charge >= 0.3 is 0 Å². The van der Waals surface area contributed by atoms with Gasteiger partial charge in [-0.2, -0.15) is 0 Å². The first-order valence-electron chi connectivity index (χ1n) is 4.96. The van der Waals surface area contributed by atoms with Crippen LogP contribution in [0.3, 0.4) is 0 Å². The molecule has 3 heteroatoms. The Morgan fingerprint density at radius 2 is 1.87 bits per heavy atom. The third-order valence-electron chi connectivity index (χ3n) is 1.65. The van der Waals surface area contributed by atoms with Crippen LogP contribution in [0.15, 0.2) is 36.9 Å². The number of rotatable bonds is 4. The van der Waals surface area contributed by atoms with E-state index >= 15 is 0 Å². The van der Waals surface area contributed by atoms with Gasteiger partial charge in [-0.15, -0.1) is 6.58 Å². The van der Waals surface area contributed by atoms with E-state index in [0.717, 1.165) is 17.9 Å². The summed E-state index contributed by atoms with van der Waals surface area (Å²) in [5.41, 5.74) is 6.81. The normalized spacial score (nSPS) is 8.47. The second-order valence-corrected chi connectivity index (χ2v) is 2.80. The van der Waals surface area contributed by atoms with Crippen molar-refractivity contribution in [1.29, 1.82) is 0 Å². The number of hydrazine groups is 1. The van der Waals surface area contributed by atoms with Crippen LogP contribution in [0, 0.1) is 0 Å². The Labute approximate surface area is 92.1 Å². The average molecular weight is 208 g/mol. The summed E-state index contributed by atoms with van der Waals surface area (Å²) in [5.74, 6) is 0.867. The number of methoxy groups -OCH3 is 1. The second kappa shape index (κ2) is 9.09. The van der Waals surface area contributed by atoms with E-state index in [4.69, 9.17) is 4.74 Å². The van der Waals surface area contributed by atoms with E-state index in [9.17, 15) is 0 Å². The number of allylic oxidation sites excluding steroid dienone is 1. The summed E-state index contributed by atoms with van der Waals surface area (Å²) in [6.07, 6.45) is 2.96. The molecule has 1 aromatic rings. The van der Waals surface area contributed by atoms with Gasteiger partial charge in [0.2, 0.25) is 0 Å². The van der Waals surface area contributed by atoms with Gasteiger partial charge in [0.05, 0.1) is 7.11 Å². The van der Waals surface area contributed by atoms with Crippen molar-refractivity contribution in [2.75, 3.05) is 19.6 Å². The van der Waals surface area contributed by atoms with Gasteiger partial charge in [-0.1, -0.05) is 13.0 Å².